The van der Waals surface area contributed by atoms with Gasteiger partial charge in [0.2, 0.25) is 0 Å². The first-order valence-corrected chi connectivity index (χ1v) is 5.70. The van der Waals surface area contributed by atoms with Crippen LogP contribution in [0, 0.1) is 0 Å². The van der Waals surface area contributed by atoms with Gasteiger partial charge in [-0.25, -0.2) is 4.79 Å². The molecule has 6 heteroatoms. The number of benzene rings is 1. The van der Waals surface area contributed by atoms with E-state index < -0.39 is 5.97 Å². The molecule has 0 atom stereocenters. The van der Waals surface area contributed by atoms with Gasteiger partial charge < -0.3 is 10.2 Å². The molecule has 0 bridgehead atoms. The number of aromatic hydroxyl groups is 1. The third-order valence-electron chi connectivity index (χ3n) is 2.53. The van der Waals surface area contributed by atoms with Crippen LogP contribution in [0.4, 0.5) is 0 Å². The van der Waals surface area contributed by atoms with E-state index in [4.69, 9.17) is 16.7 Å². The zero-order valence-electron chi connectivity index (χ0n) is 9.59. The number of halogens is 1. The van der Waals surface area contributed by atoms with Gasteiger partial charge in [-0.05, 0) is 31.2 Å². The average molecular weight is 267 g/mol. The largest absolute Gasteiger partial charge is 0.507 e. The van der Waals surface area contributed by atoms with Gasteiger partial charge in [-0.15, -0.1) is 0 Å². The Morgan fingerprint density at radius 1 is 1.44 bits per heavy atom. The van der Waals surface area contributed by atoms with E-state index >= 15 is 0 Å². The zero-order valence-corrected chi connectivity index (χ0v) is 10.3. The fourth-order valence-corrected chi connectivity index (χ4v) is 1.85. The molecule has 0 aliphatic heterocycles. The molecule has 2 aromatic rings. The second kappa shape index (κ2) is 4.70. The van der Waals surface area contributed by atoms with E-state index in [0.717, 1.165) is 0 Å². The molecule has 0 radical (unpaired) electrons. The SMILES string of the molecule is CCn1nc(-c2cc(Cl)ccc2O)cc1C(=O)O. The predicted molar refractivity (Wildman–Crippen MR) is 67.0 cm³/mol. The van der Waals surface area contributed by atoms with Crippen LogP contribution in [0.15, 0.2) is 24.3 Å². The van der Waals surface area contributed by atoms with E-state index in [1.54, 1.807) is 19.1 Å². The fourth-order valence-electron chi connectivity index (χ4n) is 1.68. The number of rotatable bonds is 3. The molecular weight excluding hydrogens is 256 g/mol. The molecule has 2 N–H and O–H groups in total. The summed E-state index contributed by atoms with van der Waals surface area (Å²) in [6.45, 7) is 2.23. The van der Waals surface area contributed by atoms with Gasteiger partial charge >= 0.3 is 5.97 Å². The summed E-state index contributed by atoms with van der Waals surface area (Å²) in [6, 6.07) is 5.96. The van der Waals surface area contributed by atoms with Crippen molar-refractivity contribution < 1.29 is 15.0 Å². The maximum Gasteiger partial charge on any atom is 0.354 e. The van der Waals surface area contributed by atoms with Crippen LogP contribution in [0.2, 0.25) is 5.02 Å². The highest BCUT2D eigenvalue weighted by molar-refractivity contribution is 6.30. The van der Waals surface area contributed by atoms with Crippen LogP contribution in [0.1, 0.15) is 17.4 Å². The Bertz CT molecular complexity index is 607. The van der Waals surface area contributed by atoms with E-state index in [2.05, 4.69) is 5.10 Å². The quantitative estimate of drug-likeness (QED) is 0.895. The number of carboxylic acid groups (broad SMARTS) is 1. The second-order valence-corrected chi connectivity index (χ2v) is 4.13. The van der Waals surface area contributed by atoms with Crippen molar-refractivity contribution in [3.05, 3.63) is 35.0 Å². The molecule has 2 rings (SSSR count). The summed E-state index contributed by atoms with van der Waals surface area (Å²) in [5, 5.41) is 23.4. The molecule has 1 aromatic heterocycles. The van der Waals surface area contributed by atoms with Crippen LogP contribution in [0.25, 0.3) is 11.3 Å². The monoisotopic (exact) mass is 266 g/mol. The van der Waals surface area contributed by atoms with Crippen LogP contribution in [-0.2, 0) is 6.54 Å². The van der Waals surface area contributed by atoms with Crippen LogP contribution in [0.3, 0.4) is 0 Å². The molecule has 0 amide bonds. The van der Waals surface area contributed by atoms with Gasteiger partial charge in [0.1, 0.15) is 11.4 Å². The first-order chi connectivity index (χ1) is 8.52. The number of carboxylic acids is 1. The first kappa shape index (κ1) is 12.4. The van der Waals surface area contributed by atoms with E-state index in [0.29, 0.717) is 22.8 Å². The Morgan fingerprint density at radius 2 is 2.17 bits per heavy atom. The van der Waals surface area contributed by atoms with Gasteiger partial charge in [0, 0.05) is 17.1 Å². The summed E-state index contributed by atoms with van der Waals surface area (Å²) in [4.78, 5) is 11.0. The molecule has 0 saturated heterocycles. The van der Waals surface area contributed by atoms with E-state index in [1.807, 2.05) is 0 Å². The van der Waals surface area contributed by atoms with Crippen molar-refractivity contribution in [2.45, 2.75) is 13.5 Å². The van der Waals surface area contributed by atoms with E-state index in [9.17, 15) is 9.90 Å². The minimum Gasteiger partial charge on any atom is -0.507 e. The Balaban J connectivity index is 2.57. The lowest BCUT2D eigenvalue weighted by Gasteiger charge is -2.01. The van der Waals surface area contributed by atoms with Crippen molar-refractivity contribution in [2.75, 3.05) is 0 Å². The Kier molecular flexibility index (Phi) is 3.25. The van der Waals surface area contributed by atoms with Crippen molar-refractivity contribution in [3.63, 3.8) is 0 Å². The van der Waals surface area contributed by atoms with Gasteiger partial charge in [0.15, 0.2) is 0 Å². The molecule has 0 aliphatic rings. The number of hydrogen-bond donors (Lipinski definition) is 2. The summed E-state index contributed by atoms with van der Waals surface area (Å²) >= 11 is 5.85. The van der Waals surface area contributed by atoms with E-state index in [1.165, 1.54) is 16.8 Å². The normalized spacial score (nSPS) is 10.6. The summed E-state index contributed by atoms with van der Waals surface area (Å²) in [5.41, 5.74) is 0.873. The highest BCUT2D eigenvalue weighted by Gasteiger charge is 2.16. The molecule has 18 heavy (non-hydrogen) atoms. The highest BCUT2D eigenvalue weighted by Crippen LogP contribution is 2.31. The molecule has 0 saturated carbocycles. The Morgan fingerprint density at radius 3 is 2.72 bits per heavy atom. The Labute approximate surface area is 108 Å². The van der Waals surface area contributed by atoms with Crippen LogP contribution >= 0.6 is 11.6 Å². The first-order valence-electron chi connectivity index (χ1n) is 5.33. The standard InChI is InChI=1S/C12H11ClN2O3/c1-2-15-10(12(17)18)6-9(14-15)8-5-7(13)3-4-11(8)16/h3-6,16H,2H2,1H3,(H,17,18). The molecule has 0 fully saturated rings. The zero-order chi connectivity index (χ0) is 13.3. The smallest absolute Gasteiger partial charge is 0.354 e. The molecule has 0 unspecified atom stereocenters. The van der Waals surface area contributed by atoms with Crippen molar-refractivity contribution in [1.82, 2.24) is 9.78 Å². The highest BCUT2D eigenvalue weighted by atomic mass is 35.5. The summed E-state index contributed by atoms with van der Waals surface area (Å²) < 4.78 is 1.36. The lowest BCUT2D eigenvalue weighted by Crippen LogP contribution is -2.08. The van der Waals surface area contributed by atoms with Crippen molar-refractivity contribution in [3.8, 4) is 17.0 Å². The third kappa shape index (κ3) is 2.17. The lowest BCUT2D eigenvalue weighted by atomic mass is 10.1. The summed E-state index contributed by atoms with van der Waals surface area (Å²) in [7, 11) is 0. The number of carbonyl (C=O) groups is 1. The molecule has 5 nitrogen and oxygen atoms in total. The molecule has 0 spiro atoms. The maximum absolute atomic E-state index is 11.0. The van der Waals surface area contributed by atoms with Gasteiger partial charge in [0.25, 0.3) is 0 Å². The molecular formula is C12H11ClN2O3. The van der Waals surface area contributed by atoms with Crippen LogP contribution in [0.5, 0.6) is 5.75 Å². The van der Waals surface area contributed by atoms with Crippen LogP contribution in [-0.4, -0.2) is 26.0 Å². The number of phenolic OH excluding ortho intramolecular Hbond substituents is 1. The average Bonchev–Trinajstić information content (AvgIpc) is 2.76. The summed E-state index contributed by atoms with van der Waals surface area (Å²) in [5.74, 6) is -1.05. The van der Waals surface area contributed by atoms with Gasteiger partial charge in [0.05, 0.1) is 5.69 Å². The topological polar surface area (TPSA) is 75.3 Å². The third-order valence-corrected chi connectivity index (χ3v) is 2.77. The maximum atomic E-state index is 11.0. The van der Waals surface area contributed by atoms with Crippen molar-refractivity contribution in [1.29, 1.82) is 0 Å². The number of phenols is 1. The molecule has 0 aliphatic carbocycles. The van der Waals surface area contributed by atoms with Crippen molar-refractivity contribution >= 4 is 17.6 Å². The number of aryl methyl sites for hydroxylation is 1. The number of hydrogen-bond acceptors (Lipinski definition) is 3. The summed E-state index contributed by atoms with van der Waals surface area (Å²) in [6.07, 6.45) is 0. The number of nitrogens with zero attached hydrogens (tertiary/aromatic N) is 2. The molecule has 1 heterocycles. The molecule has 94 valence electrons. The molecule has 1 aromatic carbocycles. The van der Waals surface area contributed by atoms with Crippen LogP contribution < -0.4 is 0 Å². The second-order valence-electron chi connectivity index (χ2n) is 3.70. The number of aromatic carboxylic acids is 1. The lowest BCUT2D eigenvalue weighted by molar-refractivity contribution is 0.0683. The minimum atomic E-state index is -1.06. The minimum absolute atomic E-state index is 0.0112. The van der Waals surface area contributed by atoms with Gasteiger partial charge in [-0.2, -0.15) is 5.10 Å². The van der Waals surface area contributed by atoms with Crippen molar-refractivity contribution in [2.24, 2.45) is 0 Å². The predicted octanol–water partition coefficient (Wildman–Crippen LogP) is 2.63. The fraction of sp³-hybridized carbons (Fsp3) is 0.167. The van der Waals surface area contributed by atoms with E-state index in [-0.39, 0.29) is 11.4 Å². The number of aromatic nitrogens is 2. The van der Waals surface area contributed by atoms with Gasteiger partial charge in [-0.1, -0.05) is 11.6 Å². The Hall–Kier alpha value is -2.01. The van der Waals surface area contributed by atoms with Gasteiger partial charge in [-0.3, -0.25) is 4.68 Å².